The minimum Gasteiger partial charge on any atom is -0.411 e. The number of anilines is 1. The van der Waals surface area contributed by atoms with Gasteiger partial charge in [0.15, 0.2) is 0 Å². The summed E-state index contributed by atoms with van der Waals surface area (Å²) >= 11 is 0. The molecule has 0 aliphatic rings. The standard InChI is InChI=1S/C16H18N2O3S/c1-3-13-8-10-14(11-9-13)22(20,21)18-16-7-5-4-6-15(16)12(2)17-19/h4-11,18-19H,3H2,1-2H3/b17-12-. The highest BCUT2D eigenvalue weighted by Crippen LogP contribution is 2.21. The smallest absolute Gasteiger partial charge is 0.261 e. The van der Waals surface area contributed by atoms with Gasteiger partial charge in [0, 0.05) is 5.56 Å². The third kappa shape index (κ3) is 3.46. The zero-order valence-electron chi connectivity index (χ0n) is 12.4. The Labute approximate surface area is 130 Å². The number of para-hydroxylation sites is 1. The van der Waals surface area contributed by atoms with E-state index in [1.165, 1.54) is 0 Å². The molecule has 0 aliphatic carbocycles. The van der Waals surface area contributed by atoms with Gasteiger partial charge in [-0.05, 0) is 37.1 Å². The van der Waals surface area contributed by atoms with E-state index >= 15 is 0 Å². The minimum atomic E-state index is -3.69. The lowest BCUT2D eigenvalue weighted by molar-refractivity contribution is 0.319. The van der Waals surface area contributed by atoms with Crippen LogP contribution < -0.4 is 4.72 Å². The summed E-state index contributed by atoms with van der Waals surface area (Å²) in [5.41, 5.74) is 2.30. The Morgan fingerprint density at radius 1 is 1.14 bits per heavy atom. The second-order valence-electron chi connectivity index (χ2n) is 4.83. The maximum absolute atomic E-state index is 12.5. The zero-order chi connectivity index (χ0) is 16.2. The van der Waals surface area contributed by atoms with E-state index in [0.717, 1.165) is 12.0 Å². The second kappa shape index (κ2) is 6.62. The van der Waals surface area contributed by atoms with Crippen LogP contribution in [0, 0.1) is 0 Å². The van der Waals surface area contributed by atoms with Crippen LogP contribution in [0.3, 0.4) is 0 Å². The molecular formula is C16H18N2O3S. The normalized spacial score (nSPS) is 12.2. The fraction of sp³-hybridized carbons (Fsp3) is 0.188. The molecule has 0 saturated heterocycles. The number of hydrogen-bond donors (Lipinski definition) is 2. The van der Waals surface area contributed by atoms with Gasteiger partial charge in [-0.15, -0.1) is 0 Å². The molecule has 0 amide bonds. The van der Waals surface area contributed by atoms with Crippen molar-refractivity contribution in [3.8, 4) is 0 Å². The van der Waals surface area contributed by atoms with E-state index in [0.29, 0.717) is 17.0 Å². The van der Waals surface area contributed by atoms with Gasteiger partial charge in [0.1, 0.15) is 0 Å². The van der Waals surface area contributed by atoms with Crippen molar-refractivity contribution in [3.63, 3.8) is 0 Å². The van der Waals surface area contributed by atoms with Crippen molar-refractivity contribution in [2.45, 2.75) is 25.2 Å². The number of sulfonamides is 1. The Bertz CT molecular complexity index is 781. The number of aryl methyl sites for hydroxylation is 1. The lowest BCUT2D eigenvalue weighted by atomic mass is 10.1. The fourth-order valence-corrected chi connectivity index (χ4v) is 3.13. The number of nitrogens with one attached hydrogen (secondary N) is 1. The highest BCUT2D eigenvalue weighted by atomic mass is 32.2. The largest absolute Gasteiger partial charge is 0.411 e. The average molecular weight is 318 g/mol. The maximum atomic E-state index is 12.5. The van der Waals surface area contributed by atoms with Crippen molar-refractivity contribution in [1.29, 1.82) is 0 Å². The number of hydrogen-bond acceptors (Lipinski definition) is 4. The van der Waals surface area contributed by atoms with Crippen molar-refractivity contribution in [3.05, 3.63) is 59.7 Å². The lowest BCUT2D eigenvalue weighted by Crippen LogP contribution is -2.15. The number of rotatable bonds is 5. The van der Waals surface area contributed by atoms with Gasteiger partial charge in [-0.3, -0.25) is 4.72 Å². The maximum Gasteiger partial charge on any atom is 0.261 e. The molecule has 2 rings (SSSR count). The monoisotopic (exact) mass is 318 g/mol. The van der Waals surface area contributed by atoms with Crippen molar-refractivity contribution in [2.24, 2.45) is 5.16 Å². The average Bonchev–Trinajstić information content (AvgIpc) is 2.54. The first-order valence-electron chi connectivity index (χ1n) is 6.87. The molecule has 116 valence electrons. The zero-order valence-corrected chi connectivity index (χ0v) is 13.3. The van der Waals surface area contributed by atoms with Crippen molar-refractivity contribution < 1.29 is 13.6 Å². The predicted molar refractivity (Wildman–Crippen MR) is 87.1 cm³/mol. The summed E-state index contributed by atoms with van der Waals surface area (Å²) in [6.45, 7) is 3.61. The van der Waals surface area contributed by atoms with Gasteiger partial charge in [-0.2, -0.15) is 0 Å². The lowest BCUT2D eigenvalue weighted by Gasteiger charge is -2.12. The summed E-state index contributed by atoms with van der Waals surface area (Å²) in [5.74, 6) is 0. The van der Waals surface area contributed by atoms with Gasteiger partial charge in [-0.25, -0.2) is 8.42 Å². The van der Waals surface area contributed by atoms with E-state index in [2.05, 4.69) is 9.88 Å². The van der Waals surface area contributed by atoms with E-state index < -0.39 is 10.0 Å². The SMILES string of the molecule is CCc1ccc(S(=O)(=O)Nc2ccccc2/C(C)=N\O)cc1. The Morgan fingerprint density at radius 3 is 2.36 bits per heavy atom. The highest BCUT2D eigenvalue weighted by molar-refractivity contribution is 7.92. The van der Waals surface area contributed by atoms with Crippen LogP contribution in [0.15, 0.2) is 58.6 Å². The molecule has 0 aromatic heterocycles. The molecule has 0 fully saturated rings. The van der Waals surface area contributed by atoms with Crippen LogP contribution in [0.5, 0.6) is 0 Å². The molecule has 0 atom stereocenters. The third-order valence-electron chi connectivity index (χ3n) is 3.35. The van der Waals surface area contributed by atoms with Crippen LogP contribution in [-0.4, -0.2) is 19.3 Å². The third-order valence-corrected chi connectivity index (χ3v) is 4.73. The summed E-state index contributed by atoms with van der Waals surface area (Å²) in [4.78, 5) is 0.193. The molecule has 0 heterocycles. The van der Waals surface area contributed by atoms with Gasteiger partial charge in [-0.1, -0.05) is 42.4 Å². The fourth-order valence-electron chi connectivity index (χ4n) is 2.05. The molecule has 0 radical (unpaired) electrons. The quantitative estimate of drug-likeness (QED) is 0.504. The number of nitrogens with zero attached hydrogens (tertiary/aromatic N) is 1. The molecule has 0 aliphatic heterocycles. The molecule has 0 saturated carbocycles. The van der Waals surface area contributed by atoms with Crippen molar-refractivity contribution in [2.75, 3.05) is 4.72 Å². The van der Waals surface area contributed by atoms with Gasteiger partial charge < -0.3 is 5.21 Å². The summed E-state index contributed by atoms with van der Waals surface area (Å²) in [5, 5.41) is 12.0. The van der Waals surface area contributed by atoms with Gasteiger partial charge in [0.25, 0.3) is 10.0 Å². The van der Waals surface area contributed by atoms with Crippen LogP contribution in [-0.2, 0) is 16.4 Å². The Morgan fingerprint density at radius 2 is 1.77 bits per heavy atom. The van der Waals surface area contributed by atoms with Crippen molar-refractivity contribution >= 4 is 21.4 Å². The topological polar surface area (TPSA) is 78.8 Å². The number of benzene rings is 2. The van der Waals surface area contributed by atoms with E-state index in [4.69, 9.17) is 5.21 Å². The molecule has 0 bridgehead atoms. The van der Waals surface area contributed by atoms with Crippen LogP contribution in [0.2, 0.25) is 0 Å². The van der Waals surface area contributed by atoms with Gasteiger partial charge in [0.05, 0.1) is 16.3 Å². The first kappa shape index (κ1) is 16.0. The minimum absolute atomic E-state index is 0.193. The van der Waals surface area contributed by atoms with Crippen LogP contribution in [0.4, 0.5) is 5.69 Å². The van der Waals surface area contributed by atoms with Crippen LogP contribution in [0.25, 0.3) is 0 Å². The molecule has 5 nitrogen and oxygen atoms in total. The second-order valence-corrected chi connectivity index (χ2v) is 6.52. The molecule has 2 aromatic rings. The molecule has 2 aromatic carbocycles. The molecule has 2 N–H and O–H groups in total. The summed E-state index contributed by atoms with van der Waals surface area (Å²) in [6.07, 6.45) is 0.850. The Hall–Kier alpha value is -2.34. The predicted octanol–water partition coefficient (Wildman–Crippen LogP) is 3.25. The van der Waals surface area contributed by atoms with Crippen LogP contribution >= 0.6 is 0 Å². The molecule has 0 spiro atoms. The van der Waals surface area contributed by atoms with Crippen molar-refractivity contribution in [1.82, 2.24) is 0 Å². The molecular weight excluding hydrogens is 300 g/mol. The van der Waals surface area contributed by atoms with E-state index in [1.807, 2.05) is 6.92 Å². The first-order valence-corrected chi connectivity index (χ1v) is 8.36. The van der Waals surface area contributed by atoms with Gasteiger partial charge in [0.2, 0.25) is 0 Å². The Balaban J connectivity index is 2.37. The van der Waals surface area contributed by atoms with E-state index in [9.17, 15) is 8.42 Å². The molecule has 0 unspecified atom stereocenters. The first-order chi connectivity index (χ1) is 10.5. The summed E-state index contributed by atoms with van der Waals surface area (Å²) < 4.78 is 27.4. The van der Waals surface area contributed by atoms with Crippen LogP contribution in [0.1, 0.15) is 25.0 Å². The highest BCUT2D eigenvalue weighted by Gasteiger charge is 2.16. The summed E-state index contributed by atoms with van der Waals surface area (Å²) in [7, 11) is -3.69. The number of oxime groups is 1. The van der Waals surface area contributed by atoms with E-state index in [-0.39, 0.29) is 4.90 Å². The van der Waals surface area contributed by atoms with E-state index in [1.54, 1.807) is 55.5 Å². The molecule has 22 heavy (non-hydrogen) atoms. The van der Waals surface area contributed by atoms with Gasteiger partial charge >= 0.3 is 0 Å². The molecule has 6 heteroatoms. The summed E-state index contributed by atoms with van der Waals surface area (Å²) in [6, 6.07) is 13.5. The Kier molecular flexibility index (Phi) is 4.82.